The lowest BCUT2D eigenvalue weighted by Crippen LogP contribution is -2.51. The van der Waals surface area contributed by atoms with Crippen molar-refractivity contribution < 1.29 is 18.0 Å². The molecule has 1 N–H and O–H groups in total. The number of hydrogen-bond acceptors (Lipinski definition) is 4. The van der Waals surface area contributed by atoms with Crippen LogP contribution in [0.5, 0.6) is 0 Å². The number of rotatable bonds is 10. The lowest BCUT2D eigenvalue weighted by Gasteiger charge is -2.32. The molecule has 0 aliphatic heterocycles. The highest BCUT2D eigenvalue weighted by molar-refractivity contribution is 7.92. The molecule has 0 heterocycles. The summed E-state index contributed by atoms with van der Waals surface area (Å²) in [7, 11) is -3.72. The van der Waals surface area contributed by atoms with Gasteiger partial charge in [0.25, 0.3) is 0 Å². The molecule has 0 aliphatic carbocycles. The second kappa shape index (κ2) is 11.3. The largest absolute Gasteiger partial charge is 0.354 e. The molecule has 0 saturated carbocycles. The molecule has 180 valence electrons. The Balaban J connectivity index is 2.36. The summed E-state index contributed by atoms with van der Waals surface area (Å²) >= 11 is 0. The van der Waals surface area contributed by atoms with Gasteiger partial charge in [0.2, 0.25) is 21.8 Å². The first kappa shape index (κ1) is 26.4. The quantitative estimate of drug-likeness (QED) is 0.574. The molecule has 2 aromatic carbocycles. The van der Waals surface area contributed by atoms with Crippen LogP contribution in [0.4, 0.5) is 5.69 Å². The number of sulfonamides is 1. The Morgan fingerprint density at radius 3 is 2.12 bits per heavy atom. The number of nitrogens with one attached hydrogen (secondary N) is 1. The van der Waals surface area contributed by atoms with Crippen molar-refractivity contribution in [2.45, 2.75) is 47.2 Å². The molecule has 2 aromatic rings. The van der Waals surface area contributed by atoms with E-state index in [0.717, 1.165) is 27.3 Å². The van der Waals surface area contributed by atoms with Crippen LogP contribution >= 0.6 is 0 Å². The molecule has 0 bridgehead atoms. The maximum atomic E-state index is 13.5. The van der Waals surface area contributed by atoms with E-state index in [1.807, 2.05) is 52.0 Å². The fraction of sp³-hybridized carbons (Fsp3) is 0.440. The molecule has 0 unspecified atom stereocenters. The van der Waals surface area contributed by atoms with Crippen LogP contribution in [0.15, 0.2) is 48.5 Å². The van der Waals surface area contributed by atoms with Crippen LogP contribution in [0, 0.1) is 19.8 Å². The first-order valence-corrected chi connectivity index (χ1v) is 12.9. The first-order chi connectivity index (χ1) is 15.4. The number of carbonyl (C=O) groups is 2. The van der Waals surface area contributed by atoms with Crippen molar-refractivity contribution in [2.75, 3.05) is 23.7 Å². The Kier molecular flexibility index (Phi) is 9.05. The summed E-state index contributed by atoms with van der Waals surface area (Å²) in [5.41, 5.74) is 3.28. The first-order valence-electron chi connectivity index (χ1n) is 11.1. The van der Waals surface area contributed by atoms with Crippen LogP contribution in [0.3, 0.4) is 0 Å². The predicted octanol–water partition coefficient (Wildman–Crippen LogP) is 3.26. The third kappa shape index (κ3) is 7.60. The van der Waals surface area contributed by atoms with E-state index in [9.17, 15) is 18.0 Å². The van der Waals surface area contributed by atoms with Crippen molar-refractivity contribution in [2.24, 2.45) is 5.92 Å². The number of carbonyl (C=O) groups excluding carboxylic acids is 2. The summed E-state index contributed by atoms with van der Waals surface area (Å²) in [5, 5.41) is 2.87. The van der Waals surface area contributed by atoms with Gasteiger partial charge in [-0.1, -0.05) is 55.8 Å². The van der Waals surface area contributed by atoms with Gasteiger partial charge in [-0.2, -0.15) is 0 Å². The monoisotopic (exact) mass is 473 g/mol. The van der Waals surface area contributed by atoms with E-state index in [1.54, 1.807) is 31.2 Å². The lowest BCUT2D eigenvalue weighted by atomic mass is 10.1. The third-order valence-electron chi connectivity index (χ3n) is 5.45. The Morgan fingerprint density at radius 2 is 1.58 bits per heavy atom. The molecule has 0 aromatic heterocycles. The minimum absolute atomic E-state index is 0.202. The second-order valence-electron chi connectivity index (χ2n) is 8.87. The molecular formula is C25H35N3O4S. The molecule has 2 amide bonds. The molecule has 7 nitrogen and oxygen atoms in total. The van der Waals surface area contributed by atoms with Crippen molar-refractivity contribution in [1.82, 2.24) is 10.2 Å². The Labute approximate surface area is 197 Å². The summed E-state index contributed by atoms with van der Waals surface area (Å²) in [5.74, 6) is -0.452. The Morgan fingerprint density at radius 1 is 0.970 bits per heavy atom. The van der Waals surface area contributed by atoms with E-state index in [-0.39, 0.29) is 18.4 Å². The Bertz CT molecular complexity index is 1070. The van der Waals surface area contributed by atoms with E-state index in [1.165, 1.54) is 4.90 Å². The zero-order valence-electron chi connectivity index (χ0n) is 20.3. The van der Waals surface area contributed by atoms with Gasteiger partial charge < -0.3 is 10.2 Å². The standard InChI is InChI=1S/C25H35N3O4S/c1-18(2)15-26-25(30)21(5)27(16-22-10-8-7-9-20(22)4)24(29)17-28(33(6,31)32)23-13-11-19(3)12-14-23/h7-14,18,21H,15-17H2,1-6H3,(H,26,30)/t21-/m0/s1. The van der Waals surface area contributed by atoms with Crippen molar-refractivity contribution in [1.29, 1.82) is 0 Å². The van der Waals surface area contributed by atoms with Crippen LogP contribution in [0.2, 0.25) is 0 Å². The number of anilines is 1. The number of aryl methyl sites for hydroxylation is 2. The van der Waals surface area contributed by atoms with Gasteiger partial charge in [-0.25, -0.2) is 8.42 Å². The minimum Gasteiger partial charge on any atom is -0.354 e. The van der Waals surface area contributed by atoms with Gasteiger partial charge in [0.15, 0.2) is 0 Å². The number of hydrogen-bond donors (Lipinski definition) is 1. The topological polar surface area (TPSA) is 86.8 Å². The minimum atomic E-state index is -3.72. The molecule has 8 heteroatoms. The zero-order chi connectivity index (χ0) is 24.8. The molecule has 0 fully saturated rings. The highest BCUT2D eigenvalue weighted by Crippen LogP contribution is 2.20. The third-order valence-corrected chi connectivity index (χ3v) is 6.60. The van der Waals surface area contributed by atoms with Crippen molar-refractivity contribution in [3.8, 4) is 0 Å². The van der Waals surface area contributed by atoms with Gasteiger partial charge in [0.05, 0.1) is 11.9 Å². The van der Waals surface area contributed by atoms with Crippen LogP contribution in [0.25, 0.3) is 0 Å². The van der Waals surface area contributed by atoms with E-state index >= 15 is 0 Å². The van der Waals surface area contributed by atoms with E-state index < -0.39 is 28.5 Å². The average Bonchev–Trinajstić information content (AvgIpc) is 2.74. The smallest absolute Gasteiger partial charge is 0.244 e. The fourth-order valence-corrected chi connectivity index (χ4v) is 4.18. The van der Waals surface area contributed by atoms with Gasteiger partial charge >= 0.3 is 0 Å². The summed E-state index contributed by atoms with van der Waals surface area (Å²) in [6.07, 6.45) is 1.07. The maximum absolute atomic E-state index is 13.5. The predicted molar refractivity (Wildman–Crippen MR) is 132 cm³/mol. The SMILES string of the molecule is Cc1ccc(N(CC(=O)N(Cc2ccccc2C)[C@@H](C)C(=O)NCC(C)C)S(C)(=O)=O)cc1. The van der Waals surface area contributed by atoms with Gasteiger partial charge in [-0.3, -0.25) is 13.9 Å². The average molecular weight is 474 g/mol. The van der Waals surface area contributed by atoms with Gasteiger partial charge in [0.1, 0.15) is 12.6 Å². The van der Waals surface area contributed by atoms with Crippen LogP contribution in [-0.2, 0) is 26.2 Å². The maximum Gasteiger partial charge on any atom is 0.244 e. The highest BCUT2D eigenvalue weighted by atomic mass is 32.2. The molecule has 33 heavy (non-hydrogen) atoms. The van der Waals surface area contributed by atoms with E-state index in [2.05, 4.69) is 5.32 Å². The van der Waals surface area contributed by atoms with Crippen LogP contribution in [-0.4, -0.2) is 50.5 Å². The number of amides is 2. The van der Waals surface area contributed by atoms with Crippen LogP contribution in [0.1, 0.15) is 37.5 Å². The highest BCUT2D eigenvalue weighted by Gasteiger charge is 2.30. The lowest BCUT2D eigenvalue weighted by molar-refractivity contribution is -0.139. The van der Waals surface area contributed by atoms with Gasteiger partial charge in [-0.15, -0.1) is 0 Å². The molecular weight excluding hydrogens is 438 g/mol. The molecule has 0 saturated heterocycles. The normalized spacial score (nSPS) is 12.3. The summed E-state index contributed by atoms with van der Waals surface area (Å²) < 4.78 is 26.2. The van der Waals surface area contributed by atoms with Crippen molar-refractivity contribution in [3.63, 3.8) is 0 Å². The number of nitrogens with zero attached hydrogens (tertiary/aromatic N) is 2. The summed E-state index contributed by atoms with van der Waals surface area (Å²) in [6.45, 7) is 9.80. The second-order valence-corrected chi connectivity index (χ2v) is 10.8. The molecule has 0 aliphatic rings. The van der Waals surface area contributed by atoms with E-state index in [0.29, 0.717) is 12.2 Å². The number of benzene rings is 2. The van der Waals surface area contributed by atoms with Crippen molar-refractivity contribution >= 4 is 27.5 Å². The summed E-state index contributed by atoms with van der Waals surface area (Å²) in [6, 6.07) is 13.8. The summed E-state index contributed by atoms with van der Waals surface area (Å²) in [4.78, 5) is 27.8. The molecule has 0 radical (unpaired) electrons. The van der Waals surface area contributed by atoms with Gasteiger partial charge in [-0.05, 0) is 49.9 Å². The van der Waals surface area contributed by atoms with Crippen LogP contribution < -0.4 is 9.62 Å². The fourth-order valence-electron chi connectivity index (χ4n) is 3.33. The molecule has 0 spiro atoms. The van der Waals surface area contributed by atoms with Gasteiger partial charge in [0, 0.05) is 13.1 Å². The molecule has 1 atom stereocenters. The Hall–Kier alpha value is -2.87. The molecule has 2 rings (SSSR count). The van der Waals surface area contributed by atoms with E-state index in [4.69, 9.17) is 0 Å². The zero-order valence-corrected chi connectivity index (χ0v) is 21.1. The van der Waals surface area contributed by atoms with Crippen molar-refractivity contribution in [3.05, 3.63) is 65.2 Å².